The molecule has 0 spiro atoms. The van der Waals surface area contributed by atoms with Crippen molar-refractivity contribution >= 4 is 16.9 Å². The van der Waals surface area contributed by atoms with Crippen LogP contribution in [0.3, 0.4) is 0 Å². The van der Waals surface area contributed by atoms with E-state index in [1.165, 1.54) is 12.1 Å². The van der Waals surface area contributed by atoms with Gasteiger partial charge in [-0.1, -0.05) is 0 Å². The summed E-state index contributed by atoms with van der Waals surface area (Å²) in [6, 6.07) is 12.8. The molecule has 0 radical (unpaired) electrons. The van der Waals surface area contributed by atoms with Crippen LogP contribution in [0.15, 0.2) is 52.2 Å². The molecule has 8 heteroatoms. The number of aromatic nitrogens is 2. The van der Waals surface area contributed by atoms with E-state index in [9.17, 15) is 5.11 Å². The van der Waals surface area contributed by atoms with Gasteiger partial charge in [0.1, 0.15) is 29.7 Å². The van der Waals surface area contributed by atoms with Gasteiger partial charge < -0.3 is 14.8 Å². The summed E-state index contributed by atoms with van der Waals surface area (Å²) in [5.41, 5.74) is 1.02. The number of fused-ring (bicyclic) bond motifs is 1. The molecule has 0 saturated carbocycles. The third-order valence-electron chi connectivity index (χ3n) is 3.25. The lowest BCUT2D eigenvalue weighted by Crippen LogP contribution is -2.00. The van der Waals surface area contributed by atoms with E-state index < -0.39 is 0 Å². The number of rotatable bonds is 3. The van der Waals surface area contributed by atoms with Crippen molar-refractivity contribution in [2.75, 3.05) is 5.32 Å². The molecule has 0 atom stereocenters. The molecule has 2 heterocycles. The molecule has 25 heavy (non-hydrogen) atoms. The fourth-order valence-corrected chi connectivity index (χ4v) is 2.10. The van der Waals surface area contributed by atoms with Gasteiger partial charge in [-0.3, -0.25) is 0 Å². The number of anilines is 1. The van der Waals surface area contributed by atoms with E-state index in [0.29, 0.717) is 22.5 Å². The first kappa shape index (κ1) is 15.5. The Bertz CT molecular complexity index is 1080. The van der Waals surface area contributed by atoms with E-state index in [1.54, 1.807) is 42.6 Å². The number of allylic oxidation sites excluding steroid dienone is 2. The van der Waals surface area contributed by atoms with Crippen LogP contribution < -0.4 is 5.32 Å². The number of oxazole rings is 1. The third-order valence-corrected chi connectivity index (χ3v) is 3.25. The lowest BCUT2D eigenvalue weighted by Gasteiger charge is -2.07. The van der Waals surface area contributed by atoms with E-state index in [1.807, 2.05) is 0 Å². The Morgan fingerprint density at radius 3 is 2.56 bits per heavy atom. The molecular weight excluding hydrogens is 320 g/mol. The molecular formula is C17H8N6O2. The molecule has 0 aliphatic heterocycles. The molecule has 3 aromatic rings. The number of hydrogen-bond donors (Lipinski definition) is 2. The number of nitrogens with one attached hydrogen (secondary N) is 1. The number of aromatic hydroxyl groups is 1. The molecule has 0 amide bonds. The minimum absolute atomic E-state index is 0.149. The Balaban J connectivity index is 1.97. The van der Waals surface area contributed by atoms with E-state index in [-0.39, 0.29) is 22.9 Å². The number of benzene rings is 1. The van der Waals surface area contributed by atoms with Crippen LogP contribution in [-0.4, -0.2) is 15.1 Å². The van der Waals surface area contributed by atoms with Crippen molar-refractivity contribution in [2.24, 2.45) is 0 Å². The predicted octanol–water partition coefficient (Wildman–Crippen LogP) is 2.83. The van der Waals surface area contributed by atoms with Crippen LogP contribution in [0.5, 0.6) is 5.75 Å². The highest BCUT2D eigenvalue weighted by Crippen LogP contribution is 2.33. The zero-order valence-corrected chi connectivity index (χ0v) is 12.6. The van der Waals surface area contributed by atoms with Crippen LogP contribution in [0.4, 0.5) is 5.69 Å². The average Bonchev–Trinajstić information content (AvgIpc) is 3.05. The van der Waals surface area contributed by atoms with Crippen LogP contribution in [-0.2, 0) is 0 Å². The van der Waals surface area contributed by atoms with Crippen molar-refractivity contribution in [1.29, 1.82) is 15.8 Å². The molecule has 1 aromatic carbocycles. The molecule has 0 fully saturated rings. The highest BCUT2D eigenvalue weighted by atomic mass is 16.4. The highest BCUT2D eigenvalue weighted by Gasteiger charge is 2.14. The summed E-state index contributed by atoms with van der Waals surface area (Å²) in [4.78, 5) is 8.26. The van der Waals surface area contributed by atoms with Crippen LogP contribution in [0.1, 0.15) is 0 Å². The van der Waals surface area contributed by atoms with Gasteiger partial charge in [-0.2, -0.15) is 20.8 Å². The number of pyridine rings is 1. The van der Waals surface area contributed by atoms with Crippen molar-refractivity contribution in [3.05, 3.63) is 47.8 Å². The van der Waals surface area contributed by atoms with Gasteiger partial charge in [0, 0.05) is 18.0 Å². The van der Waals surface area contributed by atoms with Gasteiger partial charge >= 0.3 is 0 Å². The molecule has 3 rings (SSSR count). The van der Waals surface area contributed by atoms with Gasteiger partial charge in [0.2, 0.25) is 5.89 Å². The van der Waals surface area contributed by atoms with Crippen LogP contribution in [0.25, 0.3) is 22.7 Å². The maximum Gasteiger partial charge on any atom is 0.232 e. The van der Waals surface area contributed by atoms with Gasteiger partial charge in [0.05, 0.1) is 5.56 Å². The Kier molecular flexibility index (Phi) is 3.99. The Labute approximate surface area is 141 Å². The first-order valence-corrected chi connectivity index (χ1v) is 6.93. The molecule has 0 saturated heterocycles. The fraction of sp³-hybridized carbons (Fsp3) is 0. The molecule has 2 N–H and O–H groups in total. The first-order chi connectivity index (χ1) is 12.2. The van der Waals surface area contributed by atoms with Gasteiger partial charge in [0.25, 0.3) is 0 Å². The van der Waals surface area contributed by atoms with Gasteiger partial charge in [-0.25, -0.2) is 4.98 Å². The second kappa shape index (κ2) is 6.41. The summed E-state index contributed by atoms with van der Waals surface area (Å²) in [5, 5.41) is 39.5. The summed E-state index contributed by atoms with van der Waals surface area (Å²) < 4.78 is 5.55. The predicted molar refractivity (Wildman–Crippen MR) is 86.4 cm³/mol. The van der Waals surface area contributed by atoms with E-state index >= 15 is 0 Å². The molecule has 118 valence electrons. The standard InChI is InChI=1S/C17H8N6O2/c18-7-10(8-19)13(9-20)22-11-3-4-12(14(24)6-11)17-23-16-15(25-17)2-1-5-21-16/h1-6,22,24H. The van der Waals surface area contributed by atoms with Crippen LogP contribution in [0, 0.1) is 34.0 Å². The highest BCUT2D eigenvalue weighted by molar-refractivity contribution is 5.75. The molecule has 8 nitrogen and oxygen atoms in total. The third kappa shape index (κ3) is 2.94. The van der Waals surface area contributed by atoms with E-state index in [0.717, 1.165) is 0 Å². The Hall–Kier alpha value is -4.35. The number of hydrogen-bond acceptors (Lipinski definition) is 8. The lowest BCUT2D eigenvalue weighted by molar-refractivity contribution is 0.474. The van der Waals surface area contributed by atoms with E-state index in [2.05, 4.69) is 15.3 Å². The van der Waals surface area contributed by atoms with Crippen molar-refractivity contribution in [3.8, 4) is 35.4 Å². The van der Waals surface area contributed by atoms with Crippen LogP contribution >= 0.6 is 0 Å². The summed E-state index contributed by atoms with van der Waals surface area (Å²) in [6.45, 7) is 0. The van der Waals surface area contributed by atoms with Crippen molar-refractivity contribution in [1.82, 2.24) is 9.97 Å². The number of nitriles is 3. The zero-order chi connectivity index (χ0) is 17.8. The minimum atomic E-state index is -0.351. The lowest BCUT2D eigenvalue weighted by atomic mass is 10.1. The molecule has 0 bridgehead atoms. The largest absolute Gasteiger partial charge is 0.507 e. The maximum atomic E-state index is 10.2. The second-order valence-corrected chi connectivity index (χ2v) is 4.79. The van der Waals surface area contributed by atoms with Crippen molar-refractivity contribution in [3.63, 3.8) is 0 Å². The van der Waals surface area contributed by atoms with Gasteiger partial charge in [0.15, 0.2) is 16.8 Å². The van der Waals surface area contributed by atoms with Crippen LogP contribution in [0.2, 0.25) is 0 Å². The fourth-order valence-electron chi connectivity index (χ4n) is 2.10. The topological polar surface area (TPSA) is 143 Å². The van der Waals surface area contributed by atoms with E-state index in [4.69, 9.17) is 20.2 Å². The molecule has 0 aliphatic rings. The second-order valence-electron chi connectivity index (χ2n) is 4.79. The minimum Gasteiger partial charge on any atom is -0.507 e. The number of nitrogens with zero attached hydrogens (tertiary/aromatic N) is 5. The molecule has 0 unspecified atom stereocenters. The first-order valence-electron chi connectivity index (χ1n) is 6.93. The summed E-state index contributed by atoms with van der Waals surface area (Å²) in [7, 11) is 0. The average molecular weight is 328 g/mol. The summed E-state index contributed by atoms with van der Waals surface area (Å²) in [6.07, 6.45) is 1.58. The number of phenolic OH excluding ortho intramolecular Hbond substituents is 1. The Morgan fingerprint density at radius 1 is 1.12 bits per heavy atom. The molecule has 2 aromatic heterocycles. The van der Waals surface area contributed by atoms with Gasteiger partial charge in [-0.15, -0.1) is 0 Å². The monoisotopic (exact) mass is 328 g/mol. The number of phenols is 1. The Morgan fingerprint density at radius 2 is 1.92 bits per heavy atom. The summed E-state index contributed by atoms with van der Waals surface area (Å²) >= 11 is 0. The quantitative estimate of drug-likeness (QED) is 0.698. The van der Waals surface area contributed by atoms with Crippen molar-refractivity contribution in [2.45, 2.75) is 0 Å². The maximum absolute atomic E-state index is 10.2. The summed E-state index contributed by atoms with van der Waals surface area (Å²) in [5.74, 6) is 0.0489. The normalized spacial score (nSPS) is 9.64. The molecule has 0 aliphatic carbocycles. The van der Waals surface area contributed by atoms with Gasteiger partial charge in [-0.05, 0) is 24.3 Å². The SMILES string of the molecule is N#CC(C#N)=C(C#N)Nc1ccc(-c2nc3ncccc3o2)c(O)c1. The zero-order valence-electron chi connectivity index (χ0n) is 12.6. The smallest absolute Gasteiger partial charge is 0.232 e. The van der Waals surface area contributed by atoms with Crippen molar-refractivity contribution < 1.29 is 9.52 Å².